The van der Waals surface area contributed by atoms with Crippen molar-refractivity contribution in [3.8, 4) is 0 Å². The number of benzene rings is 2. The van der Waals surface area contributed by atoms with Gasteiger partial charge in [-0.2, -0.15) is 0 Å². The summed E-state index contributed by atoms with van der Waals surface area (Å²) in [6.07, 6.45) is 5.03. The highest BCUT2D eigenvalue weighted by molar-refractivity contribution is 5.72. The maximum atomic E-state index is 13.2. The fraction of sp³-hybridized carbons (Fsp3) is 0.579. The first-order valence-electron chi connectivity index (χ1n) is 17.3. The summed E-state index contributed by atoms with van der Waals surface area (Å²) < 4.78 is 11.4. The van der Waals surface area contributed by atoms with Gasteiger partial charge in [0.2, 0.25) is 0 Å². The molecular formula is C38H54N4O6. The molecular weight excluding hydrogens is 608 g/mol. The Hall–Kier alpha value is -3.76. The van der Waals surface area contributed by atoms with Gasteiger partial charge >= 0.3 is 12.1 Å². The predicted molar refractivity (Wildman–Crippen MR) is 188 cm³/mol. The number of likely N-dealkylation sites (tertiary alicyclic amines) is 1. The summed E-state index contributed by atoms with van der Waals surface area (Å²) in [5.74, 6) is 1.10. The monoisotopic (exact) mass is 662 g/mol. The molecule has 2 aromatic rings. The van der Waals surface area contributed by atoms with Gasteiger partial charge < -0.3 is 19.3 Å². The van der Waals surface area contributed by atoms with Crippen LogP contribution in [0.5, 0.6) is 0 Å². The first-order valence-corrected chi connectivity index (χ1v) is 17.3. The van der Waals surface area contributed by atoms with E-state index in [4.69, 9.17) is 9.47 Å². The van der Waals surface area contributed by atoms with Crippen LogP contribution in [0.3, 0.4) is 0 Å². The molecule has 1 amide bonds. The maximum Gasteiger partial charge on any atom is 0.410 e. The van der Waals surface area contributed by atoms with Crippen molar-refractivity contribution in [2.45, 2.75) is 90.5 Å². The van der Waals surface area contributed by atoms with Crippen LogP contribution in [0.15, 0.2) is 67.3 Å². The highest BCUT2D eigenvalue weighted by atomic mass is 16.6. The molecule has 10 nitrogen and oxygen atoms in total. The van der Waals surface area contributed by atoms with Crippen LogP contribution >= 0.6 is 0 Å². The van der Waals surface area contributed by atoms with Crippen molar-refractivity contribution < 1.29 is 24.0 Å². The lowest BCUT2D eigenvalue weighted by atomic mass is 9.88. The topological polar surface area (TPSA) is 105 Å². The van der Waals surface area contributed by atoms with E-state index in [-0.39, 0.29) is 24.3 Å². The Labute approximate surface area is 286 Å². The second kappa shape index (κ2) is 17.1. The minimum atomic E-state index is -0.511. The van der Waals surface area contributed by atoms with Crippen LogP contribution in [0.1, 0.15) is 77.3 Å². The number of amides is 1. The van der Waals surface area contributed by atoms with E-state index in [1.54, 1.807) is 23.1 Å². The molecule has 1 saturated heterocycles. The van der Waals surface area contributed by atoms with Gasteiger partial charge in [0.15, 0.2) is 0 Å². The highest BCUT2D eigenvalue weighted by Gasteiger charge is 2.40. The second-order valence-corrected chi connectivity index (χ2v) is 14.8. The Morgan fingerprint density at radius 2 is 1.71 bits per heavy atom. The van der Waals surface area contributed by atoms with E-state index in [0.29, 0.717) is 42.4 Å². The lowest BCUT2D eigenvalue weighted by Crippen LogP contribution is -2.48. The van der Waals surface area contributed by atoms with Gasteiger partial charge in [-0.1, -0.05) is 50.3 Å². The van der Waals surface area contributed by atoms with Crippen LogP contribution in [-0.2, 0) is 20.9 Å². The molecule has 10 heteroatoms. The minimum Gasteiger partial charge on any atom is -0.459 e. The van der Waals surface area contributed by atoms with E-state index < -0.39 is 16.6 Å². The number of ether oxygens (including phenoxy) is 2. The van der Waals surface area contributed by atoms with Crippen LogP contribution in [0.4, 0.5) is 10.5 Å². The summed E-state index contributed by atoms with van der Waals surface area (Å²) in [6.45, 7) is 18.3. The molecule has 0 N–H and O–H groups in total. The largest absolute Gasteiger partial charge is 0.459 e. The number of rotatable bonds is 14. The number of nitro benzene ring substituents is 1. The van der Waals surface area contributed by atoms with Gasteiger partial charge in [0.25, 0.3) is 5.69 Å². The zero-order valence-electron chi connectivity index (χ0n) is 29.4. The van der Waals surface area contributed by atoms with Crippen LogP contribution in [0.2, 0.25) is 0 Å². The van der Waals surface area contributed by atoms with Crippen molar-refractivity contribution in [2.75, 3.05) is 39.3 Å². The van der Waals surface area contributed by atoms with Crippen LogP contribution in [0, 0.1) is 22.0 Å². The summed E-state index contributed by atoms with van der Waals surface area (Å²) in [5.41, 5.74) is 1.54. The number of esters is 1. The summed E-state index contributed by atoms with van der Waals surface area (Å²) >= 11 is 0. The van der Waals surface area contributed by atoms with Gasteiger partial charge in [0.1, 0.15) is 12.2 Å². The molecule has 1 heterocycles. The van der Waals surface area contributed by atoms with E-state index >= 15 is 0 Å². The summed E-state index contributed by atoms with van der Waals surface area (Å²) in [6, 6.07) is 17.2. The van der Waals surface area contributed by atoms with Gasteiger partial charge in [0, 0.05) is 56.9 Å². The summed E-state index contributed by atoms with van der Waals surface area (Å²) in [5, 5.41) is 10.9. The quantitative estimate of drug-likeness (QED) is 0.0918. The number of hydrogen-bond donors (Lipinski definition) is 0. The second-order valence-electron chi connectivity index (χ2n) is 14.8. The zero-order valence-corrected chi connectivity index (χ0v) is 29.4. The molecule has 0 spiro atoms. The molecule has 2 aromatic carbocycles. The first kappa shape index (κ1) is 37.1. The van der Waals surface area contributed by atoms with Gasteiger partial charge in [0.05, 0.1) is 11.5 Å². The molecule has 3 unspecified atom stereocenters. The Morgan fingerprint density at radius 1 is 1.04 bits per heavy atom. The van der Waals surface area contributed by atoms with E-state index in [0.717, 1.165) is 51.9 Å². The lowest BCUT2D eigenvalue weighted by molar-refractivity contribution is -0.384. The lowest BCUT2D eigenvalue weighted by Gasteiger charge is -2.39. The van der Waals surface area contributed by atoms with Gasteiger partial charge in [-0.25, -0.2) is 4.79 Å². The molecule has 3 atom stereocenters. The Morgan fingerprint density at radius 3 is 2.29 bits per heavy atom. The number of nitro groups is 1. The summed E-state index contributed by atoms with van der Waals surface area (Å²) in [4.78, 5) is 43.3. The van der Waals surface area contributed by atoms with Crippen molar-refractivity contribution >= 4 is 17.7 Å². The molecule has 1 aliphatic heterocycles. The number of carbonyl (C=O) groups excluding carboxylic acids is 2. The van der Waals surface area contributed by atoms with Gasteiger partial charge in [-0.3, -0.25) is 19.8 Å². The third-order valence-electron chi connectivity index (χ3n) is 9.33. The molecule has 262 valence electrons. The number of piperidine rings is 1. The van der Waals surface area contributed by atoms with Crippen molar-refractivity contribution in [2.24, 2.45) is 11.8 Å². The number of non-ortho nitro benzene ring substituents is 1. The molecule has 0 radical (unpaired) electrons. The van der Waals surface area contributed by atoms with Crippen LogP contribution in [0.25, 0.3) is 0 Å². The predicted octanol–water partition coefficient (Wildman–Crippen LogP) is 7.05. The number of nitrogens with zero attached hydrogens (tertiary/aromatic N) is 4. The van der Waals surface area contributed by atoms with E-state index in [2.05, 4.69) is 60.6 Å². The molecule has 1 saturated carbocycles. The molecule has 2 aliphatic rings. The molecule has 48 heavy (non-hydrogen) atoms. The van der Waals surface area contributed by atoms with Crippen molar-refractivity contribution in [3.05, 3.63) is 88.5 Å². The van der Waals surface area contributed by atoms with Crippen molar-refractivity contribution in [1.29, 1.82) is 0 Å². The zero-order chi connectivity index (χ0) is 34.8. The average molecular weight is 663 g/mol. The SMILES string of the molecule is C=CCN(C(=O)OCc1ccc([N+](=O)[O-])cc1)C1CCN(CC2CC(N(CC(=O)OC(C)(C)C)CC(C)C)CC2c2ccccc2)CC1. The fourth-order valence-electron chi connectivity index (χ4n) is 7.25. The maximum absolute atomic E-state index is 13.2. The van der Waals surface area contributed by atoms with Crippen LogP contribution in [-0.4, -0.2) is 88.6 Å². The number of hydrogen-bond acceptors (Lipinski definition) is 8. The molecule has 2 fully saturated rings. The van der Waals surface area contributed by atoms with Crippen LogP contribution < -0.4 is 0 Å². The van der Waals surface area contributed by atoms with Crippen molar-refractivity contribution in [1.82, 2.24) is 14.7 Å². The molecule has 0 bridgehead atoms. The summed E-state index contributed by atoms with van der Waals surface area (Å²) in [7, 11) is 0. The average Bonchev–Trinajstić information content (AvgIpc) is 3.46. The minimum absolute atomic E-state index is 0.00187. The van der Waals surface area contributed by atoms with E-state index in [1.165, 1.54) is 17.7 Å². The molecule has 4 rings (SSSR count). The first-order chi connectivity index (χ1) is 22.8. The highest BCUT2D eigenvalue weighted by Crippen LogP contribution is 2.43. The van der Waals surface area contributed by atoms with Crippen molar-refractivity contribution in [3.63, 3.8) is 0 Å². The number of carbonyl (C=O) groups is 2. The van der Waals surface area contributed by atoms with Gasteiger partial charge in [-0.05, 0) is 87.5 Å². The normalized spacial score (nSPS) is 20.5. The molecule has 0 aromatic heterocycles. The Bertz CT molecular complexity index is 1350. The van der Waals surface area contributed by atoms with E-state index in [1.807, 2.05) is 20.8 Å². The Kier molecular flexibility index (Phi) is 13.2. The smallest absolute Gasteiger partial charge is 0.410 e. The standard InChI is InChI=1S/C38H54N4O6/c1-7-19-41(37(44)47-27-29-13-15-33(16-14-29)42(45)46)32-17-20-39(21-18-32)25-31-22-34(23-35(31)30-11-9-8-10-12-30)40(24-28(2)3)26-36(43)48-38(4,5)6/h7-16,28,31-32,34-35H,1,17-27H2,2-6H3. The van der Waals surface area contributed by atoms with E-state index in [9.17, 15) is 19.7 Å². The third-order valence-corrected chi connectivity index (χ3v) is 9.33. The fourth-order valence-corrected chi connectivity index (χ4v) is 7.25. The molecule has 1 aliphatic carbocycles. The Balaban J connectivity index is 1.38. The third kappa shape index (κ3) is 10.9. The van der Waals surface area contributed by atoms with Gasteiger partial charge in [-0.15, -0.1) is 6.58 Å².